The number of nitrogens with one attached hydrogen (secondary N) is 1. The Morgan fingerprint density at radius 3 is 2.81 bits per heavy atom. The first-order valence-corrected chi connectivity index (χ1v) is 5.75. The summed E-state index contributed by atoms with van der Waals surface area (Å²) in [5.74, 6) is 0.233. The molecule has 0 saturated carbocycles. The molecule has 1 aromatic heterocycles. The molecule has 3 nitrogen and oxygen atoms in total. The van der Waals surface area contributed by atoms with Gasteiger partial charge in [-0.05, 0) is 19.0 Å². The SMILES string of the molecule is CCCN(C)c1nccc(CNCC)c1F. The number of hydrogen-bond donors (Lipinski definition) is 1. The van der Waals surface area contributed by atoms with Gasteiger partial charge in [0.15, 0.2) is 11.6 Å². The maximum absolute atomic E-state index is 14.0. The smallest absolute Gasteiger partial charge is 0.170 e. The first-order chi connectivity index (χ1) is 7.70. The van der Waals surface area contributed by atoms with Crippen molar-refractivity contribution >= 4 is 5.82 Å². The van der Waals surface area contributed by atoms with Gasteiger partial charge in [0, 0.05) is 31.9 Å². The van der Waals surface area contributed by atoms with E-state index in [1.807, 2.05) is 18.9 Å². The summed E-state index contributed by atoms with van der Waals surface area (Å²) in [6.45, 7) is 6.27. The summed E-state index contributed by atoms with van der Waals surface area (Å²) in [4.78, 5) is 5.94. The lowest BCUT2D eigenvalue weighted by Crippen LogP contribution is -2.22. The molecule has 1 rings (SSSR count). The summed E-state index contributed by atoms with van der Waals surface area (Å²) in [6, 6.07) is 1.72. The van der Waals surface area contributed by atoms with Crippen LogP contribution in [0.1, 0.15) is 25.8 Å². The number of hydrogen-bond acceptors (Lipinski definition) is 3. The third kappa shape index (κ3) is 3.17. The highest BCUT2D eigenvalue weighted by molar-refractivity contribution is 5.42. The van der Waals surface area contributed by atoms with E-state index in [1.165, 1.54) is 0 Å². The van der Waals surface area contributed by atoms with Crippen molar-refractivity contribution in [2.24, 2.45) is 0 Å². The number of halogens is 1. The topological polar surface area (TPSA) is 28.2 Å². The van der Waals surface area contributed by atoms with E-state index in [0.717, 1.165) is 19.5 Å². The molecule has 0 aliphatic carbocycles. The Morgan fingerprint density at radius 1 is 1.44 bits per heavy atom. The minimum atomic E-state index is -0.209. The summed E-state index contributed by atoms with van der Waals surface area (Å²) >= 11 is 0. The van der Waals surface area contributed by atoms with Crippen LogP contribution in [0.25, 0.3) is 0 Å². The molecule has 0 saturated heterocycles. The molecule has 0 spiro atoms. The Bertz CT molecular complexity index is 328. The molecule has 1 N–H and O–H groups in total. The third-order valence-electron chi connectivity index (χ3n) is 2.44. The minimum absolute atomic E-state index is 0.209. The fourth-order valence-corrected chi connectivity index (χ4v) is 1.57. The Balaban J connectivity index is 2.85. The van der Waals surface area contributed by atoms with E-state index < -0.39 is 0 Å². The summed E-state index contributed by atoms with van der Waals surface area (Å²) in [5, 5.41) is 3.12. The van der Waals surface area contributed by atoms with Crippen molar-refractivity contribution in [1.82, 2.24) is 10.3 Å². The molecular formula is C12H20FN3. The Morgan fingerprint density at radius 2 is 2.19 bits per heavy atom. The van der Waals surface area contributed by atoms with Crippen LogP contribution in [-0.2, 0) is 6.54 Å². The van der Waals surface area contributed by atoms with Crippen molar-refractivity contribution in [2.45, 2.75) is 26.8 Å². The fourth-order valence-electron chi connectivity index (χ4n) is 1.57. The van der Waals surface area contributed by atoms with E-state index in [1.54, 1.807) is 12.3 Å². The van der Waals surface area contributed by atoms with Gasteiger partial charge in [0.2, 0.25) is 0 Å². The van der Waals surface area contributed by atoms with Crippen molar-refractivity contribution in [3.8, 4) is 0 Å². The lowest BCUT2D eigenvalue weighted by Gasteiger charge is -2.18. The fraction of sp³-hybridized carbons (Fsp3) is 0.583. The van der Waals surface area contributed by atoms with Gasteiger partial charge in [-0.15, -0.1) is 0 Å². The predicted octanol–water partition coefficient (Wildman–Crippen LogP) is 2.18. The molecule has 1 aromatic rings. The largest absolute Gasteiger partial charge is 0.357 e. The van der Waals surface area contributed by atoms with E-state index in [2.05, 4.69) is 17.2 Å². The molecule has 16 heavy (non-hydrogen) atoms. The van der Waals surface area contributed by atoms with E-state index >= 15 is 0 Å². The second kappa shape index (κ2) is 6.43. The molecule has 0 unspecified atom stereocenters. The van der Waals surface area contributed by atoms with Gasteiger partial charge >= 0.3 is 0 Å². The Kier molecular flexibility index (Phi) is 5.19. The summed E-state index contributed by atoms with van der Waals surface area (Å²) < 4.78 is 14.0. The number of pyridine rings is 1. The molecule has 0 aliphatic heterocycles. The van der Waals surface area contributed by atoms with Gasteiger partial charge in [0.05, 0.1) is 0 Å². The highest BCUT2D eigenvalue weighted by Gasteiger charge is 2.12. The summed E-state index contributed by atoms with van der Waals surface area (Å²) in [7, 11) is 1.87. The second-order valence-electron chi connectivity index (χ2n) is 3.81. The Labute approximate surface area is 96.7 Å². The molecule has 4 heteroatoms. The number of aromatic nitrogens is 1. The van der Waals surface area contributed by atoms with Gasteiger partial charge in [-0.1, -0.05) is 13.8 Å². The molecule has 0 amide bonds. The van der Waals surface area contributed by atoms with Crippen LogP contribution in [0.15, 0.2) is 12.3 Å². The van der Waals surface area contributed by atoms with Crippen molar-refractivity contribution < 1.29 is 4.39 Å². The summed E-state index contributed by atoms with van der Waals surface area (Å²) in [6.07, 6.45) is 2.65. The van der Waals surface area contributed by atoms with Crippen LogP contribution in [0.5, 0.6) is 0 Å². The predicted molar refractivity (Wildman–Crippen MR) is 65.1 cm³/mol. The van der Waals surface area contributed by atoms with Gasteiger partial charge in [0.1, 0.15) is 0 Å². The molecule has 0 bridgehead atoms. The quantitative estimate of drug-likeness (QED) is 0.804. The maximum atomic E-state index is 14.0. The van der Waals surface area contributed by atoms with Crippen molar-refractivity contribution in [2.75, 3.05) is 25.0 Å². The maximum Gasteiger partial charge on any atom is 0.170 e. The number of nitrogens with zero attached hydrogens (tertiary/aromatic N) is 2. The molecule has 90 valence electrons. The molecule has 0 atom stereocenters. The summed E-state index contributed by atoms with van der Waals surface area (Å²) in [5.41, 5.74) is 0.676. The zero-order chi connectivity index (χ0) is 12.0. The van der Waals surface area contributed by atoms with Crippen LogP contribution >= 0.6 is 0 Å². The molecule has 0 fully saturated rings. The van der Waals surface area contributed by atoms with Crippen LogP contribution in [-0.4, -0.2) is 25.1 Å². The average molecular weight is 225 g/mol. The third-order valence-corrected chi connectivity index (χ3v) is 2.44. The highest BCUT2D eigenvalue weighted by Crippen LogP contribution is 2.18. The first kappa shape index (κ1) is 12.9. The Hall–Kier alpha value is -1.16. The standard InChI is InChI=1S/C12H20FN3/c1-4-8-16(3)12-11(13)10(6-7-15-12)9-14-5-2/h6-7,14H,4-5,8-9H2,1-3H3. The lowest BCUT2D eigenvalue weighted by atomic mass is 10.2. The zero-order valence-electron chi connectivity index (χ0n) is 10.3. The number of rotatable bonds is 6. The first-order valence-electron chi connectivity index (χ1n) is 5.75. The molecule has 1 heterocycles. The van der Waals surface area contributed by atoms with Gasteiger partial charge < -0.3 is 10.2 Å². The second-order valence-corrected chi connectivity index (χ2v) is 3.81. The van der Waals surface area contributed by atoms with Crippen molar-refractivity contribution in [3.63, 3.8) is 0 Å². The van der Waals surface area contributed by atoms with Crippen LogP contribution in [0.2, 0.25) is 0 Å². The van der Waals surface area contributed by atoms with Crippen LogP contribution in [0, 0.1) is 5.82 Å². The highest BCUT2D eigenvalue weighted by atomic mass is 19.1. The van der Waals surface area contributed by atoms with E-state index in [-0.39, 0.29) is 5.82 Å². The molecule has 0 aromatic carbocycles. The van der Waals surface area contributed by atoms with Gasteiger partial charge in [-0.2, -0.15) is 0 Å². The molecule has 0 radical (unpaired) electrons. The van der Waals surface area contributed by atoms with Gasteiger partial charge in [-0.25, -0.2) is 9.37 Å². The van der Waals surface area contributed by atoms with E-state index in [0.29, 0.717) is 17.9 Å². The van der Waals surface area contributed by atoms with E-state index in [4.69, 9.17) is 0 Å². The van der Waals surface area contributed by atoms with Crippen LogP contribution in [0.3, 0.4) is 0 Å². The van der Waals surface area contributed by atoms with E-state index in [9.17, 15) is 4.39 Å². The van der Waals surface area contributed by atoms with Gasteiger partial charge in [0.25, 0.3) is 0 Å². The number of anilines is 1. The van der Waals surface area contributed by atoms with Crippen molar-refractivity contribution in [1.29, 1.82) is 0 Å². The van der Waals surface area contributed by atoms with Crippen LogP contribution < -0.4 is 10.2 Å². The zero-order valence-corrected chi connectivity index (χ0v) is 10.3. The monoisotopic (exact) mass is 225 g/mol. The minimum Gasteiger partial charge on any atom is -0.357 e. The van der Waals surface area contributed by atoms with Crippen molar-refractivity contribution in [3.05, 3.63) is 23.6 Å². The normalized spacial score (nSPS) is 10.5. The molecule has 0 aliphatic rings. The lowest BCUT2D eigenvalue weighted by molar-refractivity contribution is 0.582. The average Bonchev–Trinajstić information content (AvgIpc) is 2.28. The van der Waals surface area contributed by atoms with Gasteiger partial charge in [-0.3, -0.25) is 0 Å². The molecular weight excluding hydrogens is 205 g/mol. The van der Waals surface area contributed by atoms with Crippen LogP contribution in [0.4, 0.5) is 10.2 Å².